The third-order valence-corrected chi connectivity index (χ3v) is 6.71. The van der Waals surface area contributed by atoms with Gasteiger partial charge in [-0.05, 0) is 35.9 Å². The number of nitrogens with zero attached hydrogens (tertiary/aromatic N) is 3. The molecule has 1 amide bonds. The number of hydrogen-bond acceptors (Lipinski definition) is 7. The van der Waals surface area contributed by atoms with Crippen molar-refractivity contribution < 1.29 is 19.0 Å². The molecule has 0 spiro atoms. The maximum atomic E-state index is 14.0. The van der Waals surface area contributed by atoms with E-state index in [4.69, 9.17) is 19.2 Å². The summed E-state index contributed by atoms with van der Waals surface area (Å²) in [5.74, 6) is 2.26. The Bertz CT molecular complexity index is 1480. The first-order valence-corrected chi connectivity index (χ1v) is 12.3. The lowest BCUT2D eigenvalue weighted by molar-refractivity contribution is 0.0983. The minimum atomic E-state index is -0.221. The van der Waals surface area contributed by atoms with E-state index in [9.17, 15) is 4.79 Å². The molecule has 1 aliphatic heterocycles. The molecule has 3 heterocycles. The first-order chi connectivity index (χ1) is 17.7. The van der Waals surface area contributed by atoms with Crippen molar-refractivity contribution >= 4 is 32.6 Å². The molecule has 0 radical (unpaired) electrons. The molecule has 0 saturated carbocycles. The Labute approximate surface area is 211 Å². The summed E-state index contributed by atoms with van der Waals surface area (Å²) in [5, 5.41) is 0.565. The minimum Gasteiger partial charge on any atom is -0.486 e. The van der Waals surface area contributed by atoms with Crippen LogP contribution < -0.4 is 19.1 Å². The third kappa shape index (κ3) is 4.46. The number of fused-ring (bicyclic) bond motifs is 2. The molecular weight excluding hydrogens is 474 g/mol. The molecule has 0 saturated heterocycles. The van der Waals surface area contributed by atoms with Crippen LogP contribution in [0.15, 0.2) is 91.3 Å². The normalized spacial score (nSPS) is 12.3. The Morgan fingerprint density at radius 2 is 1.72 bits per heavy atom. The molecule has 0 fully saturated rings. The highest BCUT2D eigenvalue weighted by atomic mass is 32.1. The van der Waals surface area contributed by atoms with Crippen LogP contribution in [0.4, 0.5) is 5.13 Å². The SMILES string of the molecule is O=C(c1ccccc1Oc1ccccc1)N(Cc1cccnc1)c1nc2cc3c(cc2s1)OCCO3. The lowest BCUT2D eigenvalue weighted by atomic mass is 10.1. The Balaban J connectivity index is 1.41. The highest BCUT2D eigenvalue weighted by Crippen LogP contribution is 2.39. The fraction of sp³-hybridized carbons (Fsp3) is 0.107. The maximum absolute atomic E-state index is 14.0. The number of para-hydroxylation sites is 2. The highest BCUT2D eigenvalue weighted by molar-refractivity contribution is 7.22. The smallest absolute Gasteiger partial charge is 0.264 e. The van der Waals surface area contributed by atoms with Crippen LogP contribution in [0.1, 0.15) is 15.9 Å². The van der Waals surface area contributed by atoms with Crippen molar-refractivity contribution in [2.75, 3.05) is 18.1 Å². The van der Waals surface area contributed by atoms with Gasteiger partial charge in [0, 0.05) is 24.5 Å². The van der Waals surface area contributed by atoms with Crippen LogP contribution in [-0.2, 0) is 6.54 Å². The van der Waals surface area contributed by atoms with Gasteiger partial charge in [0.15, 0.2) is 16.6 Å². The van der Waals surface area contributed by atoms with Crippen LogP contribution in [-0.4, -0.2) is 29.1 Å². The fourth-order valence-electron chi connectivity index (χ4n) is 3.96. The Kier molecular flexibility index (Phi) is 5.93. The summed E-state index contributed by atoms with van der Waals surface area (Å²) in [4.78, 5) is 24.7. The van der Waals surface area contributed by atoms with E-state index in [2.05, 4.69) is 4.98 Å². The molecule has 1 aliphatic rings. The van der Waals surface area contributed by atoms with Crippen LogP contribution >= 0.6 is 11.3 Å². The molecular formula is C28H21N3O4S. The van der Waals surface area contributed by atoms with E-state index in [1.165, 1.54) is 11.3 Å². The quantitative estimate of drug-likeness (QED) is 0.283. The molecule has 7 nitrogen and oxygen atoms in total. The van der Waals surface area contributed by atoms with Crippen molar-refractivity contribution in [3.63, 3.8) is 0 Å². The second kappa shape index (κ2) is 9.67. The van der Waals surface area contributed by atoms with Gasteiger partial charge in [-0.15, -0.1) is 0 Å². The van der Waals surface area contributed by atoms with Crippen molar-refractivity contribution in [2.24, 2.45) is 0 Å². The maximum Gasteiger partial charge on any atom is 0.264 e. The zero-order valence-corrected chi connectivity index (χ0v) is 20.0. The number of rotatable bonds is 6. The number of carbonyl (C=O) groups excluding carboxylic acids is 1. The summed E-state index contributed by atoms with van der Waals surface area (Å²) in [6.07, 6.45) is 3.46. The van der Waals surface area contributed by atoms with Gasteiger partial charge < -0.3 is 14.2 Å². The molecule has 0 bridgehead atoms. The number of thiazole rings is 1. The van der Waals surface area contributed by atoms with Crippen LogP contribution in [0, 0.1) is 0 Å². The van der Waals surface area contributed by atoms with Gasteiger partial charge in [-0.3, -0.25) is 14.7 Å². The fourth-order valence-corrected chi connectivity index (χ4v) is 4.94. The largest absolute Gasteiger partial charge is 0.486 e. The zero-order valence-electron chi connectivity index (χ0n) is 19.2. The van der Waals surface area contributed by atoms with Gasteiger partial charge in [0.25, 0.3) is 5.91 Å². The summed E-state index contributed by atoms with van der Waals surface area (Å²) in [5.41, 5.74) is 2.07. The highest BCUT2D eigenvalue weighted by Gasteiger charge is 2.26. The van der Waals surface area contributed by atoms with Gasteiger partial charge in [-0.1, -0.05) is 47.7 Å². The molecule has 0 unspecified atom stereocenters. The number of aromatic nitrogens is 2. The Morgan fingerprint density at radius 3 is 2.53 bits per heavy atom. The molecule has 178 valence electrons. The number of pyridine rings is 1. The second-order valence-corrected chi connectivity index (χ2v) is 9.13. The molecule has 6 rings (SSSR count). The van der Waals surface area contributed by atoms with Crippen molar-refractivity contribution in [3.05, 3.63) is 102 Å². The minimum absolute atomic E-state index is 0.221. The number of ether oxygens (including phenoxy) is 3. The molecule has 2 aromatic heterocycles. The first kappa shape index (κ1) is 22.1. The molecule has 36 heavy (non-hydrogen) atoms. The van der Waals surface area contributed by atoms with E-state index in [1.807, 2.05) is 66.7 Å². The van der Waals surface area contributed by atoms with Crippen molar-refractivity contribution in [2.45, 2.75) is 6.54 Å². The lowest BCUT2D eigenvalue weighted by Crippen LogP contribution is -2.30. The third-order valence-electron chi connectivity index (χ3n) is 5.67. The molecule has 0 N–H and O–H groups in total. The topological polar surface area (TPSA) is 73.8 Å². The first-order valence-electron chi connectivity index (χ1n) is 11.5. The summed E-state index contributed by atoms with van der Waals surface area (Å²) in [6, 6.07) is 24.2. The van der Waals surface area contributed by atoms with E-state index in [0.717, 1.165) is 15.8 Å². The average molecular weight is 496 g/mol. The number of anilines is 1. The van der Waals surface area contributed by atoms with Crippen LogP contribution in [0.2, 0.25) is 0 Å². The predicted molar refractivity (Wildman–Crippen MR) is 138 cm³/mol. The summed E-state index contributed by atoms with van der Waals surface area (Å²) < 4.78 is 18.4. The number of benzene rings is 3. The number of amides is 1. The van der Waals surface area contributed by atoms with Crippen molar-refractivity contribution in [3.8, 4) is 23.0 Å². The predicted octanol–water partition coefficient (Wildman–Crippen LogP) is 6.10. The molecule has 5 aromatic rings. The van der Waals surface area contributed by atoms with Gasteiger partial charge in [-0.25, -0.2) is 4.98 Å². The van der Waals surface area contributed by atoms with E-state index in [-0.39, 0.29) is 5.91 Å². The van der Waals surface area contributed by atoms with Crippen LogP contribution in [0.5, 0.6) is 23.0 Å². The monoisotopic (exact) mass is 495 g/mol. The lowest BCUT2D eigenvalue weighted by Gasteiger charge is -2.21. The van der Waals surface area contributed by atoms with Gasteiger partial charge in [-0.2, -0.15) is 0 Å². The molecule has 8 heteroatoms. The Morgan fingerprint density at radius 1 is 0.944 bits per heavy atom. The Hall–Kier alpha value is -4.43. The van der Waals surface area contributed by atoms with Gasteiger partial charge >= 0.3 is 0 Å². The van der Waals surface area contributed by atoms with Crippen LogP contribution in [0.3, 0.4) is 0 Å². The van der Waals surface area contributed by atoms with Gasteiger partial charge in [0.05, 0.1) is 22.3 Å². The zero-order chi connectivity index (χ0) is 24.3. The molecule has 0 aliphatic carbocycles. The van der Waals surface area contributed by atoms with Gasteiger partial charge in [0.1, 0.15) is 24.7 Å². The standard InChI is InChI=1S/C28H21N3O4S/c32-27(21-10-4-5-11-23(21)35-20-8-2-1-3-9-20)31(18-19-7-6-12-29-17-19)28-30-22-15-24-25(16-26(22)36-28)34-14-13-33-24/h1-12,15-17H,13-14,18H2. The molecule has 3 aromatic carbocycles. The van der Waals surface area contributed by atoms with E-state index in [1.54, 1.807) is 29.4 Å². The average Bonchev–Trinajstić information content (AvgIpc) is 3.34. The van der Waals surface area contributed by atoms with E-state index in [0.29, 0.717) is 53.5 Å². The number of carbonyl (C=O) groups is 1. The van der Waals surface area contributed by atoms with Crippen molar-refractivity contribution in [1.82, 2.24) is 9.97 Å². The second-order valence-electron chi connectivity index (χ2n) is 8.12. The molecule has 0 atom stereocenters. The summed E-state index contributed by atoms with van der Waals surface area (Å²) >= 11 is 1.43. The van der Waals surface area contributed by atoms with Crippen LogP contribution in [0.25, 0.3) is 10.2 Å². The van der Waals surface area contributed by atoms with E-state index >= 15 is 0 Å². The summed E-state index contributed by atoms with van der Waals surface area (Å²) in [6.45, 7) is 1.31. The number of hydrogen-bond donors (Lipinski definition) is 0. The van der Waals surface area contributed by atoms with Crippen molar-refractivity contribution in [1.29, 1.82) is 0 Å². The van der Waals surface area contributed by atoms with Gasteiger partial charge in [0.2, 0.25) is 0 Å². The van der Waals surface area contributed by atoms with E-state index < -0.39 is 0 Å². The summed E-state index contributed by atoms with van der Waals surface area (Å²) in [7, 11) is 0.